The maximum Gasteiger partial charge on any atom is 0.124 e. The largest absolute Gasteiger partial charge is 0.370 e. The highest BCUT2D eigenvalue weighted by Crippen LogP contribution is 2.42. The molecule has 2 heterocycles. The van der Waals surface area contributed by atoms with Gasteiger partial charge in [-0.15, -0.1) is 0 Å². The Balaban J connectivity index is 2.23. The molecule has 0 saturated heterocycles. The minimum atomic E-state index is -0.0182. The fourth-order valence-electron chi connectivity index (χ4n) is 3.21. The highest BCUT2D eigenvalue weighted by Gasteiger charge is 2.37. The number of hydrogen-bond acceptors (Lipinski definition) is 4. The van der Waals surface area contributed by atoms with Crippen LogP contribution in [0.2, 0.25) is 0 Å². The van der Waals surface area contributed by atoms with Gasteiger partial charge in [-0.05, 0) is 17.2 Å². The van der Waals surface area contributed by atoms with Gasteiger partial charge in [0.2, 0.25) is 0 Å². The summed E-state index contributed by atoms with van der Waals surface area (Å²) >= 11 is 0. The first kappa shape index (κ1) is 13.6. The Labute approximate surface area is 125 Å². The van der Waals surface area contributed by atoms with E-state index in [4.69, 9.17) is 0 Å². The second-order valence-electron chi connectivity index (χ2n) is 5.47. The molecule has 0 saturated carbocycles. The first-order valence-corrected chi connectivity index (χ1v) is 7.09. The molecule has 1 aromatic rings. The van der Waals surface area contributed by atoms with Gasteiger partial charge in [0.25, 0.3) is 0 Å². The highest BCUT2D eigenvalue weighted by atomic mass is 15.6. The summed E-state index contributed by atoms with van der Waals surface area (Å²) in [5.41, 5.74) is 4.74. The molecule has 2 unspecified atom stereocenters. The Bertz CT molecular complexity index is 644. The molecule has 108 valence electrons. The molecule has 1 aromatic carbocycles. The summed E-state index contributed by atoms with van der Waals surface area (Å²) in [6.45, 7) is 8.73. The minimum Gasteiger partial charge on any atom is -0.370 e. The molecule has 2 aliphatic heterocycles. The van der Waals surface area contributed by atoms with E-state index in [-0.39, 0.29) is 12.1 Å². The molecule has 0 aromatic heterocycles. The van der Waals surface area contributed by atoms with Gasteiger partial charge in [0.15, 0.2) is 0 Å². The van der Waals surface area contributed by atoms with Gasteiger partial charge in [0, 0.05) is 31.9 Å². The second kappa shape index (κ2) is 5.20. The van der Waals surface area contributed by atoms with Crippen LogP contribution < -0.4 is 4.90 Å². The first-order valence-electron chi connectivity index (χ1n) is 7.09. The summed E-state index contributed by atoms with van der Waals surface area (Å²) < 4.78 is 0. The topological polar surface area (TPSA) is 31.2 Å². The van der Waals surface area contributed by atoms with Crippen molar-refractivity contribution < 1.29 is 0 Å². The van der Waals surface area contributed by atoms with Gasteiger partial charge < -0.3 is 4.90 Å². The van der Waals surface area contributed by atoms with E-state index in [0.29, 0.717) is 0 Å². The highest BCUT2D eigenvalue weighted by molar-refractivity contribution is 5.59. The molecule has 21 heavy (non-hydrogen) atoms. The Hall–Kier alpha value is -2.36. The van der Waals surface area contributed by atoms with Gasteiger partial charge in [0.1, 0.15) is 12.1 Å². The number of hydrogen-bond donors (Lipinski definition) is 0. The zero-order valence-corrected chi connectivity index (χ0v) is 12.5. The fraction of sp³-hybridized carbons (Fsp3) is 0.294. The van der Waals surface area contributed by atoms with Gasteiger partial charge in [-0.3, -0.25) is 5.01 Å². The van der Waals surface area contributed by atoms with Crippen LogP contribution in [0.15, 0.2) is 71.1 Å². The molecule has 0 bridgehead atoms. The quantitative estimate of drug-likeness (QED) is 0.830. The maximum absolute atomic E-state index is 4.47. The third-order valence-electron chi connectivity index (χ3n) is 4.25. The molecule has 2 aliphatic rings. The smallest absolute Gasteiger partial charge is 0.124 e. The van der Waals surface area contributed by atoms with E-state index in [2.05, 4.69) is 59.7 Å². The lowest BCUT2D eigenvalue weighted by atomic mass is 9.88. The van der Waals surface area contributed by atoms with Crippen molar-refractivity contribution in [1.82, 2.24) is 5.01 Å². The number of benzene rings is 1. The van der Waals surface area contributed by atoms with Crippen LogP contribution >= 0.6 is 0 Å². The van der Waals surface area contributed by atoms with Crippen molar-refractivity contribution in [3.8, 4) is 0 Å². The van der Waals surface area contributed by atoms with Crippen molar-refractivity contribution >= 4 is 5.69 Å². The summed E-state index contributed by atoms with van der Waals surface area (Å²) in [6.07, 6.45) is 3.81. The van der Waals surface area contributed by atoms with E-state index in [1.165, 1.54) is 11.3 Å². The van der Waals surface area contributed by atoms with Crippen molar-refractivity contribution in [2.45, 2.75) is 12.1 Å². The van der Waals surface area contributed by atoms with Crippen LogP contribution in [0, 0.1) is 0 Å². The average Bonchev–Trinajstić information content (AvgIpc) is 2.86. The van der Waals surface area contributed by atoms with Crippen LogP contribution in [-0.4, -0.2) is 31.7 Å². The lowest BCUT2D eigenvalue weighted by Gasteiger charge is -2.33. The van der Waals surface area contributed by atoms with Crippen LogP contribution in [0.5, 0.6) is 0 Å². The third kappa shape index (κ3) is 2.07. The molecule has 2 atom stereocenters. The van der Waals surface area contributed by atoms with E-state index >= 15 is 0 Å². The second-order valence-corrected chi connectivity index (χ2v) is 5.47. The SMILES string of the molecule is C=C/C1=C(\C=C)C2N=NN(C)C2c2ccccc2N(C)C1. The van der Waals surface area contributed by atoms with Crippen LogP contribution in [0.3, 0.4) is 0 Å². The molecule has 4 heteroatoms. The minimum absolute atomic E-state index is 0.0182. The van der Waals surface area contributed by atoms with E-state index in [1.54, 1.807) is 0 Å². The Morgan fingerprint density at radius 1 is 1.19 bits per heavy atom. The molecular weight excluding hydrogens is 260 g/mol. The number of rotatable bonds is 2. The lowest BCUT2D eigenvalue weighted by molar-refractivity contribution is 0.282. The van der Waals surface area contributed by atoms with Crippen molar-refractivity contribution in [2.24, 2.45) is 10.3 Å². The first-order chi connectivity index (χ1) is 10.2. The standard InChI is InChI=1S/C17H20N4/c1-5-12-11-20(3)15-10-8-7-9-14(15)17-16(13(12)6-2)18-19-21(17)4/h5-10,16-17H,1-2,11H2,3-4H3/b13-12-. The van der Waals surface area contributed by atoms with Gasteiger partial charge in [-0.25, -0.2) is 0 Å². The van der Waals surface area contributed by atoms with Crippen molar-refractivity contribution in [3.63, 3.8) is 0 Å². The fourth-order valence-corrected chi connectivity index (χ4v) is 3.21. The molecule has 0 fully saturated rings. The summed E-state index contributed by atoms with van der Waals surface area (Å²) in [5, 5.41) is 10.7. The molecule has 0 aliphatic carbocycles. The van der Waals surface area contributed by atoms with Gasteiger partial charge in [-0.2, -0.15) is 5.11 Å². The van der Waals surface area contributed by atoms with E-state index in [9.17, 15) is 0 Å². The predicted molar refractivity (Wildman–Crippen MR) is 86.3 cm³/mol. The number of para-hydroxylation sites is 1. The molecular formula is C17H20N4. The van der Waals surface area contributed by atoms with Gasteiger partial charge in [-0.1, -0.05) is 48.7 Å². The predicted octanol–water partition coefficient (Wildman–Crippen LogP) is 3.53. The van der Waals surface area contributed by atoms with Gasteiger partial charge in [0.05, 0.1) is 0 Å². The molecule has 0 spiro atoms. The van der Waals surface area contributed by atoms with E-state index in [0.717, 1.165) is 17.7 Å². The Morgan fingerprint density at radius 3 is 2.67 bits per heavy atom. The van der Waals surface area contributed by atoms with Crippen molar-refractivity contribution in [2.75, 3.05) is 25.5 Å². The van der Waals surface area contributed by atoms with Crippen LogP contribution in [-0.2, 0) is 0 Å². The normalized spacial score (nSPS) is 27.7. The monoisotopic (exact) mass is 280 g/mol. The number of anilines is 1. The zero-order chi connectivity index (χ0) is 15.0. The Morgan fingerprint density at radius 2 is 1.95 bits per heavy atom. The lowest BCUT2D eigenvalue weighted by Crippen LogP contribution is -2.32. The summed E-state index contributed by atoms with van der Waals surface area (Å²) in [6, 6.07) is 8.54. The summed E-state index contributed by atoms with van der Waals surface area (Å²) in [7, 11) is 4.08. The van der Waals surface area contributed by atoms with E-state index in [1.807, 2.05) is 24.2 Å². The molecule has 3 rings (SSSR count). The third-order valence-corrected chi connectivity index (χ3v) is 4.25. The van der Waals surface area contributed by atoms with Crippen molar-refractivity contribution in [3.05, 3.63) is 66.3 Å². The molecule has 0 amide bonds. The van der Waals surface area contributed by atoms with Crippen molar-refractivity contribution in [1.29, 1.82) is 0 Å². The van der Waals surface area contributed by atoms with Crippen LogP contribution in [0.1, 0.15) is 11.6 Å². The van der Waals surface area contributed by atoms with Crippen LogP contribution in [0.25, 0.3) is 0 Å². The number of nitrogens with zero attached hydrogens (tertiary/aromatic N) is 4. The Kier molecular flexibility index (Phi) is 3.37. The molecule has 0 radical (unpaired) electrons. The summed E-state index contributed by atoms with van der Waals surface area (Å²) in [4.78, 5) is 2.25. The maximum atomic E-state index is 4.47. The van der Waals surface area contributed by atoms with Gasteiger partial charge >= 0.3 is 0 Å². The number of fused-ring (bicyclic) bond motifs is 3. The van der Waals surface area contributed by atoms with Crippen LogP contribution in [0.4, 0.5) is 5.69 Å². The van der Waals surface area contributed by atoms with E-state index < -0.39 is 0 Å². The molecule has 0 N–H and O–H groups in total. The number of likely N-dealkylation sites (N-methyl/N-ethyl adjacent to an activating group) is 2. The zero-order valence-electron chi connectivity index (χ0n) is 12.5. The average molecular weight is 280 g/mol. The summed E-state index contributed by atoms with van der Waals surface area (Å²) in [5.74, 6) is 0. The molecule has 4 nitrogen and oxygen atoms in total.